The average Bonchev–Trinajstić information content (AvgIpc) is 3.17. The first-order valence-electron chi connectivity index (χ1n) is 7.68. The number of thioether (sulfide) groups is 1. The molecule has 0 radical (unpaired) electrons. The zero-order valence-corrected chi connectivity index (χ0v) is 15.6. The Morgan fingerprint density at radius 1 is 1.04 bits per heavy atom. The normalized spacial score (nSPS) is 12.5. The van der Waals surface area contributed by atoms with Crippen molar-refractivity contribution in [1.29, 1.82) is 0 Å². The maximum absolute atomic E-state index is 5.81. The number of anilines is 1. The fourth-order valence-corrected chi connectivity index (χ4v) is 4.05. The van der Waals surface area contributed by atoms with Crippen molar-refractivity contribution in [2.75, 3.05) is 5.32 Å². The summed E-state index contributed by atoms with van der Waals surface area (Å²) in [5, 5.41) is 20.7. The molecule has 3 rings (SSSR count). The summed E-state index contributed by atoms with van der Waals surface area (Å²) in [6.07, 6.45) is 0. The van der Waals surface area contributed by atoms with Crippen molar-refractivity contribution >= 4 is 28.2 Å². The molecule has 0 saturated carbocycles. The number of hydrogen-bond donors (Lipinski definition) is 1. The molecule has 1 N–H and O–H groups in total. The van der Waals surface area contributed by atoms with Crippen molar-refractivity contribution in [3.8, 4) is 11.5 Å². The van der Waals surface area contributed by atoms with Crippen LogP contribution < -0.4 is 5.32 Å². The fraction of sp³-hybridized carbons (Fsp3) is 0.375. The molecule has 0 aliphatic rings. The molecule has 1 atom stereocenters. The van der Waals surface area contributed by atoms with Crippen molar-refractivity contribution < 1.29 is 4.42 Å². The van der Waals surface area contributed by atoms with Crippen molar-refractivity contribution in [3.63, 3.8) is 0 Å². The molecule has 0 spiro atoms. The van der Waals surface area contributed by atoms with Crippen LogP contribution in [0.15, 0.2) is 33.0 Å². The highest BCUT2D eigenvalue weighted by molar-refractivity contribution is 8.01. The lowest BCUT2D eigenvalue weighted by atomic mass is 10.1. The predicted molar refractivity (Wildman–Crippen MR) is 97.4 cm³/mol. The van der Waals surface area contributed by atoms with E-state index in [4.69, 9.17) is 4.42 Å². The Bertz CT molecular complexity index is 797. The van der Waals surface area contributed by atoms with E-state index >= 15 is 0 Å². The summed E-state index contributed by atoms with van der Waals surface area (Å²) < 4.78 is 6.69. The lowest BCUT2D eigenvalue weighted by Gasteiger charge is -2.04. The van der Waals surface area contributed by atoms with Gasteiger partial charge in [-0.1, -0.05) is 40.8 Å². The van der Waals surface area contributed by atoms with Gasteiger partial charge < -0.3 is 9.73 Å². The summed E-state index contributed by atoms with van der Waals surface area (Å²) in [4.78, 5) is 0. The van der Waals surface area contributed by atoms with Gasteiger partial charge in [0.2, 0.25) is 16.9 Å². The molecular weight excluding hydrogens is 342 g/mol. The average molecular weight is 361 g/mol. The Labute approximate surface area is 149 Å². The summed E-state index contributed by atoms with van der Waals surface area (Å²) in [7, 11) is 0. The third-order valence-electron chi connectivity index (χ3n) is 3.18. The second-order valence-corrected chi connectivity index (χ2v) is 8.31. The molecule has 2 aromatic heterocycles. The van der Waals surface area contributed by atoms with Crippen LogP contribution >= 0.6 is 23.1 Å². The topological polar surface area (TPSA) is 76.7 Å². The maximum atomic E-state index is 5.81. The molecule has 0 aliphatic carbocycles. The monoisotopic (exact) mass is 361 g/mol. The fourth-order valence-electron chi connectivity index (χ4n) is 1.98. The summed E-state index contributed by atoms with van der Waals surface area (Å²) in [5.74, 6) is 1.13. The van der Waals surface area contributed by atoms with Crippen molar-refractivity contribution in [3.05, 3.63) is 35.7 Å². The van der Waals surface area contributed by atoms with E-state index in [1.165, 1.54) is 16.9 Å². The minimum atomic E-state index is 0.0107. The van der Waals surface area contributed by atoms with Crippen LogP contribution in [0.1, 0.15) is 37.5 Å². The molecule has 1 aromatic carbocycles. The molecule has 24 heavy (non-hydrogen) atoms. The van der Waals surface area contributed by atoms with Crippen molar-refractivity contribution in [2.24, 2.45) is 0 Å². The van der Waals surface area contributed by atoms with E-state index in [0.29, 0.717) is 17.8 Å². The quantitative estimate of drug-likeness (QED) is 0.644. The van der Waals surface area contributed by atoms with E-state index < -0.39 is 0 Å². The maximum Gasteiger partial charge on any atom is 0.247 e. The van der Waals surface area contributed by atoms with Gasteiger partial charge in [-0.2, -0.15) is 0 Å². The molecule has 6 nitrogen and oxygen atoms in total. The lowest BCUT2D eigenvalue weighted by Crippen LogP contribution is -2.08. The van der Waals surface area contributed by atoms with Gasteiger partial charge in [0.05, 0.1) is 5.25 Å². The number of aryl methyl sites for hydroxylation is 1. The highest BCUT2D eigenvalue weighted by Crippen LogP contribution is 2.37. The van der Waals surface area contributed by atoms with Crippen LogP contribution in [0.25, 0.3) is 11.5 Å². The molecule has 0 saturated heterocycles. The van der Waals surface area contributed by atoms with E-state index in [0.717, 1.165) is 15.0 Å². The number of nitrogens with zero attached hydrogens (tertiary/aromatic N) is 4. The predicted octanol–water partition coefficient (Wildman–Crippen LogP) is 4.57. The number of hydrogen-bond acceptors (Lipinski definition) is 8. The van der Waals surface area contributed by atoms with E-state index in [9.17, 15) is 0 Å². The third-order valence-corrected chi connectivity index (χ3v) is 5.21. The summed E-state index contributed by atoms with van der Waals surface area (Å²) in [6.45, 7) is 8.21. The minimum absolute atomic E-state index is 0.0107. The molecular formula is C16H19N5OS2. The van der Waals surface area contributed by atoms with Gasteiger partial charge in [-0.25, -0.2) is 0 Å². The van der Waals surface area contributed by atoms with Crippen LogP contribution in [0.2, 0.25) is 0 Å². The zero-order chi connectivity index (χ0) is 17.1. The van der Waals surface area contributed by atoms with Crippen LogP contribution in [0.5, 0.6) is 0 Å². The number of nitrogens with one attached hydrogen (secondary N) is 1. The largest absolute Gasteiger partial charge is 0.419 e. The molecule has 0 amide bonds. The van der Waals surface area contributed by atoms with Gasteiger partial charge in [0.15, 0.2) is 4.34 Å². The van der Waals surface area contributed by atoms with E-state index in [1.807, 2.05) is 38.1 Å². The zero-order valence-electron chi connectivity index (χ0n) is 14.0. The van der Waals surface area contributed by atoms with Crippen LogP contribution in [0.3, 0.4) is 0 Å². The number of aromatic nitrogens is 4. The third kappa shape index (κ3) is 4.12. The first-order valence-corrected chi connectivity index (χ1v) is 9.38. The summed E-state index contributed by atoms with van der Waals surface area (Å²) in [5.41, 5.74) is 2.13. The minimum Gasteiger partial charge on any atom is -0.419 e. The van der Waals surface area contributed by atoms with Crippen LogP contribution in [0.4, 0.5) is 5.13 Å². The lowest BCUT2D eigenvalue weighted by molar-refractivity contribution is 0.509. The Hall–Kier alpha value is -1.93. The second kappa shape index (κ2) is 7.31. The molecule has 0 aliphatic heterocycles. The van der Waals surface area contributed by atoms with Crippen molar-refractivity contribution in [1.82, 2.24) is 20.4 Å². The molecule has 3 aromatic rings. The number of rotatable bonds is 6. The highest BCUT2D eigenvalue weighted by atomic mass is 32.2. The summed E-state index contributed by atoms with van der Waals surface area (Å²) >= 11 is 3.09. The molecule has 0 fully saturated rings. The standard InChI is InChI=1S/C16H19N5OS2/c1-9(2)17-15-20-21-16(24-15)23-11(4)13-18-19-14(22-13)12-7-5-10(3)6-8-12/h5-9,11H,1-4H3,(H,17,20)/t11-/m0/s1. The Morgan fingerprint density at radius 2 is 1.79 bits per heavy atom. The second-order valence-electron chi connectivity index (χ2n) is 5.74. The van der Waals surface area contributed by atoms with Gasteiger partial charge >= 0.3 is 0 Å². The Morgan fingerprint density at radius 3 is 2.50 bits per heavy atom. The highest BCUT2D eigenvalue weighted by Gasteiger charge is 2.18. The SMILES string of the molecule is Cc1ccc(-c2nnc([C@H](C)Sc3nnc(NC(C)C)s3)o2)cc1. The van der Waals surface area contributed by atoms with Gasteiger partial charge in [-0.3, -0.25) is 0 Å². The first kappa shape index (κ1) is 16.9. The van der Waals surface area contributed by atoms with Gasteiger partial charge in [-0.05, 0) is 39.8 Å². The van der Waals surface area contributed by atoms with Crippen LogP contribution in [0, 0.1) is 6.92 Å². The van der Waals surface area contributed by atoms with Gasteiger partial charge in [0.1, 0.15) is 0 Å². The smallest absolute Gasteiger partial charge is 0.247 e. The van der Waals surface area contributed by atoms with Crippen molar-refractivity contribution in [2.45, 2.75) is 43.3 Å². The Kier molecular flexibility index (Phi) is 5.15. The van der Waals surface area contributed by atoms with E-state index in [-0.39, 0.29) is 5.25 Å². The van der Waals surface area contributed by atoms with E-state index in [2.05, 4.69) is 39.6 Å². The first-order chi connectivity index (χ1) is 11.5. The molecule has 126 valence electrons. The molecule has 0 bridgehead atoms. The Balaban J connectivity index is 1.68. The van der Waals surface area contributed by atoms with Gasteiger partial charge in [0.25, 0.3) is 0 Å². The van der Waals surface area contributed by atoms with Crippen LogP contribution in [-0.2, 0) is 0 Å². The molecule has 0 unspecified atom stereocenters. The molecule has 8 heteroatoms. The van der Waals surface area contributed by atoms with Gasteiger partial charge in [0, 0.05) is 11.6 Å². The molecule has 2 heterocycles. The summed E-state index contributed by atoms with van der Waals surface area (Å²) in [6, 6.07) is 8.36. The van der Waals surface area contributed by atoms with E-state index in [1.54, 1.807) is 11.8 Å². The van der Waals surface area contributed by atoms with Gasteiger partial charge in [-0.15, -0.1) is 20.4 Å². The number of benzene rings is 1. The van der Waals surface area contributed by atoms with Crippen LogP contribution in [-0.4, -0.2) is 26.4 Å².